The molecule has 4 N–H and O–H groups in total. The van der Waals surface area contributed by atoms with Crippen LogP contribution >= 0.6 is 0 Å². The van der Waals surface area contributed by atoms with Crippen molar-refractivity contribution < 1.29 is 24.5 Å². The Morgan fingerprint density at radius 1 is 1.11 bits per heavy atom. The standard InChI is InChI=1S/C27H37N3O5/c1-3-28-27(33)29-22-7-4-6-21(14-22)26-34-24(15-30-13-5-8-23(30)17-32)18(2)25(35-26)20-11-9-19(16-31)10-12-20/h4,6-7,9-12,14,18,23-26,31-32H,3,5,8,13,15-17H2,1-2H3,(H2,28,29,33)/t18-,23-,24+,25+,26+/m0/s1. The molecule has 0 spiro atoms. The molecule has 0 unspecified atom stereocenters. The Kier molecular flexibility index (Phi) is 8.75. The van der Waals surface area contributed by atoms with Crippen LogP contribution in [-0.2, 0) is 16.1 Å². The van der Waals surface area contributed by atoms with Crippen LogP contribution in [0.2, 0.25) is 0 Å². The number of nitrogens with one attached hydrogen (secondary N) is 2. The second-order valence-corrected chi connectivity index (χ2v) is 9.41. The first-order valence-corrected chi connectivity index (χ1v) is 12.5. The maximum Gasteiger partial charge on any atom is 0.319 e. The minimum absolute atomic E-state index is 0.00136. The van der Waals surface area contributed by atoms with Gasteiger partial charge in [0.2, 0.25) is 0 Å². The van der Waals surface area contributed by atoms with Gasteiger partial charge in [-0.25, -0.2) is 4.79 Å². The van der Waals surface area contributed by atoms with Crippen molar-refractivity contribution in [2.24, 2.45) is 5.92 Å². The molecule has 190 valence electrons. The third-order valence-corrected chi connectivity index (χ3v) is 7.00. The SMILES string of the molecule is CCNC(=O)Nc1cccc([C@@H]2O[C@H](CN3CCC[C@H]3CO)[C@H](C)[C@H](c3ccc(CO)cc3)O2)c1. The fourth-order valence-electron chi connectivity index (χ4n) is 5.00. The maximum absolute atomic E-state index is 12.0. The van der Waals surface area contributed by atoms with E-state index in [1.54, 1.807) is 0 Å². The number of carbonyl (C=O) groups is 1. The molecule has 0 aliphatic carbocycles. The summed E-state index contributed by atoms with van der Waals surface area (Å²) >= 11 is 0. The number of carbonyl (C=O) groups excluding carboxylic acids is 1. The van der Waals surface area contributed by atoms with Crippen LogP contribution in [0.4, 0.5) is 10.5 Å². The van der Waals surface area contributed by atoms with Crippen molar-refractivity contribution in [1.29, 1.82) is 0 Å². The molecule has 0 bridgehead atoms. The van der Waals surface area contributed by atoms with Gasteiger partial charge in [-0.3, -0.25) is 4.90 Å². The van der Waals surface area contributed by atoms with Crippen molar-refractivity contribution >= 4 is 11.7 Å². The lowest BCUT2D eigenvalue weighted by atomic mass is 9.90. The van der Waals surface area contributed by atoms with Gasteiger partial charge in [0.15, 0.2) is 6.29 Å². The summed E-state index contributed by atoms with van der Waals surface area (Å²) in [5.74, 6) is 0.0720. The van der Waals surface area contributed by atoms with Crippen LogP contribution in [0.3, 0.4) is 0 Å². The zero-order chi connectivity index (χ0) is 24.8. The number of likely N-dealkylation sites (tertiary alicyclic amines) is 1. The Morgan fingerprint density at radius 3 is 2.63 bits per heavy atom. The largest absolute Gasteiger partial charge is 0.395 e. The second-order valence-electron chi connectivity index (χ2n) is 9.41. The number of rotatable bonds is 8. The Bertz CT molecular complexity index is 970. The van der Waals surface area contributed by atoms with Crippen molar-refractivity contribution in [1.82, 2.24) is 10.2 Å². The summed E-state index contributed by atoms with van der Waals surface area (Å²) in [6.45, 7) is 6.37. The van der Waals surface area contributed by atoms with Crippen LogP contribution in [0.1, 0.15) is 55.8 Å². The van der Waals surface area contributed by atoms with E-state index < -0.39 is 6.29 Å². The van der Waals surface area contributed by atoms with Crippen LogP contribution < -0.4 is 10.6 Å². The van der Waals surface area contributed by atoms with Crippen LogP contribution in [0.25, 0.3) is 0 Å². The van der Waals surface area contributed by atoms with Crippen molar-refractivity contribution in [3.05, 3.63) is 65.2 Å². The van der Waals surface area contributed by atoms with E-state index in [-0.39, 0.29) is 43.4 Å². The van der Waals surface area contributed by atoms with Crippen LogP contribution in [0.15, 0.2) is 48.5 Å². The summed E-state index contributed by atoms with van der Waals surface area (Å²) in [5, 5.41) is 24.8. The molecule has 5 atom stereocenters. The molecule has 2 aliphatic rings. The van der Waals surface area contributed by atoms with E-state index in [0.717, 1.165) is 36.1 Å². The van der Waals surface area contributed by atoms with E-state index in [0.29, 0.717) is 18.8 Å². The van der Waals surface area contributed by atoms with Gasteiger partial charge in [-0.1, -0.05) is 43.3 Å². The zero-order valence-electron chi connectivity index (χ0n) is 20.5. The number of urea groups is 1. The van der Waals surface area contributed by atoms with E-state index in [2.05, 4.69) is 22.5 Å². The third kappa shape index (κ3) is 6.20. The van der Waals surface area contributed by atoms with E-state index >= 15 is 0 Å². The minimum Gasteiger partial charge on any atom is -0.395 e. The Morgan fingerprint density at radius 2 is 1.91 bits per heavy atom. The van der Waals surface area contributed by atoms with Gasteiger partial charge < -0.3 is 30.3 Å². The third-order valence-electron chi connectivity index (χ3n) is 7.00. The molecule has 2 amide bonds. The molecule has 4 rings (SSSR count). The van der Waals surface area contributed by atoms with E-state index in [4.69, 9.17) is 9.47 Å². The molecule has 0 saturated carbocycles. The number of amides is 2. The van der Waals surface area contributed by atoms with E-state index in [9.17, 15) is 15.0 Å². The van der Waals surface area contributed by atoms with Gasteiger partial charge in [-0.05, 0) is 49.6 Å². The molecule has 2 aromatic carbocycles. The summed E-state index contributed by atoms with van der Waals surface area (Å²) in [5.41, 5.74) is 3.38. The van der Waals surface area contributed by atoms with Gasteiger partial charge >= 0.3 is 6.03 Å². The summed E-state index contributed by atoms with van der Waals surface area (Å²) in [4.78, 5) is 14.3. The van der Waals surface area contributed by atoms with Crippen LogP contribution in [0.5, 0.6) is 0 Å². The molecule has 35 heavy (non-hydrogen) atoms. The number of nitrogens with zero attached hydrogens (tertiary/aromatic N) is 1. The number of anilines is 1. The second kappa shape index (κ2) is 12.0. The maximum atomic E-state index is 12.0. The topological polar surface area (TPSA) is 103 Å². The highest BCUT2D eigenvalue weighted by atomic mass is 16.7. The van der Waals surface area contributed by atoms with Gasteiger partial charge in [-0.15, -0.1) is 0 Å². The highest BCUT2D eigenvalue weighted by molar-refractivity contribution is 5.89. The van der Waals surface area contributed by atoms with E-state index in [1.807, 2.05) is 55.5 Å². The first-order valence-electron chi connectivity index (χ1n) is 12.5. The summed E-state index contributed by atoms with van der Waals surface area (Å²) in [6.07, 6.45) is 1.15. The van der Waals surface area contributed by atoms with Gasteiger partial charge in [0.1, 0.15) is 0 Å². The number of aliphatic hydroxyl groups is 2. The molecule has 8 nitrogen and oxygen atoms in total. The highest BCUT2D eigenvalue weighted by Crippen LogP contribution is 2.42. The number of aliphatic hydroxyl groups excluding tert-OH is 2. The number of benzene rings is 2. The highest BCUT2D eigenvalue weighted by Gasteiger charge is 2.40. The van der Waals surface area contributed by atoms with Gasteiger partial charge in [0.25, 0.3) is 0 Å². The Hall–Kier alpha value is -2.49. The lowest BCUT2D eigenvalue weighted by Gasteiger charge is -2.43. The zero-order valence-corrected chi connectivity index (χ0v) is 20.5. The molecule has 2 fully saturated rings. The van der Waals surface area contributed by atoms with Crippen molar-refractivity contribution in [3.63, 3.8) is 0 Å². The quantitative estimate of drug-likeness (QED) is 0.458. The molecule has 8 heteroatoms. The average Bonchev–Trinajstić information content (AvgIpc) is 3.33. The van der Waals surface area contributed by atoms with Crippen LogP contribution in [-0.4, -0.2) is 59.5 Å². The molecule has 2 aliphatic heterocycles. The average molecular weight is 484 g/mol. The Balaban J connectivity index is 1.59. The predicted molar refractivity (Wildman–Crippen MR) is 134 cm³/mol. The fraction of sp³-hybridized carbons (Fsp3) is 0.519. The molecule has 2 heterocycles. The predicted octanol–water partition coefficient (Wildman–Crippen LogP) is 3.57. The lowest BCUT2D eigenvalue weighted by molar-refractivity contribution is -0.276. The van der Waals surface area contributed by atoms with E-state index in [1.165, 1.54) is 0 Å². The van der Waals surface area contributed by atoms with Crippen molar-refractivity contribution in [2.45, 2.75) is 57.8 Å². The normalized spacial score (nSPS) is 27.0. The monoisotopic (exact) mass is 483 g/mol. The van der Waals surface area contributed by atoms with Gasteiger partial charge in [0.05, 0.1) is 25.4 Å². The number of ether oxygens (including phenoxy) is 2. The van der Waals surface area contributed by atoms with Gasteiger partial charge in [-0.2, -0.15) is 0 Å². The molecule has 0 aromatic heterocycles. The van der Waals surface area contributed by atoms with Gasteiger partial charge in [0, 0.05) is 36.3 Å². The summed E-state index contributed by atoms with van der Waals surface area (Å²) in [7, 11) is 0. The smallest absolute Gasteiger partial charge is 0.319 e. The number of hydrogen-bond donors (Lipinski definition) is 4. The van der Waals surface area contributed by atoms with Crippen LogP contribution in [0, 0.1) is 5.92 Å². The summed E-state index contributed by atoms with van der Waals surface area (Å²) < 4.78 is 13.0. The molecule has 0 radical (unpaired) electrons. The summed E-state index contributed by atoms with van der Waals surface area (Å²) in [6, 6.07) is 15.3. The lowest BCUT2D eigenvalue weighted by Crippen LogP contribution is -2.46. The first-order chi connectivity index (χ1) is 17.0. The molecular weight excluding hydrogens is 446 g/mol. The molecule has 2 aromatic rings. The minimum atomic E-state index is -0.607. The number of hydrogen-bond acceptors (Lipinski definition) is 6. The Labute approximate surface area is 207 Å². The first kappa shape index (κ1) is 25.6. The molecular formula is C27H37N3O5. The van der Waals surface area contributed by atoms with Crippen molar-refractivity contribution in [3.8, 4) is 0 Å². The van der Waals surface area contributed by atoms with Crippen molar-refractivity contribution in [2.75, 3.05) is 31.6 Å². The molecule has 2 saturated heterocycles. The fourth-order valence-corrected chi connectivity index (χ4v) is 5.00.